The van der Waals surface area contributed by atoms with E-state index in [0.717, 1.165) is 12.8 Å². The molecule has 1 aromatic heterocycles. The van der Waals surface area contributed by atoms with Gasteiger partial charge < -0.3 is 25.2 Å². The van der Waals surface area contributed by atoms with Gasteiger partial charge in [0.25, 0.3) is 0 Å². The van der Waals surface area contributed by atoms with Gasteiger partial charge in [-0.1, -0.05) is 17.7 Å². The van der Waals surface area contributed by atoms with E-state index in [9.17, 15) is 14.3 Å². The molecule has 11 heteroatoms. The molecule has 202 valence electrons. The van der Waals surface area contributed by atoms with Gasteiger partial charge in [0.15, 0.2) is 17.3 Å². The summed E-state index contributed by atoms with van der Waals surface area (Å²) in [6.07, 6.45) is 4.38. The first-order valence-electron chi connectivity index (χ1n) is 12.7. The monoisotopic (exact) mass is 543 g/mol. The number of nitrogens with zero attached hydrogens (tertiary/aromatic N) is 3. The Kier molecular flexibility index (Phi) is 7.83. The van der Waals surface area contributed by atoms with Gasteiger partial charge in [-0.2, -0.15) is 0 Å². The Bertz CT molecular complexity index is 1320. The molecule has 1 saturated heterocycles. The number of carbonyl (C=O) groups is 1. The summed E-state index contributed by atoms with van der Waals surface area (Å²) in [5.74, 6) is 0.766. The zero-order valence-corrected chi connectivity index (χ0v) is 22.0. The van der Waals surface area contributed by atoms with E-state index in [1.54, 1.807) is 31.4 Å². The van der Waals surface area contributed by atoms with Gasteiger partial charge in [0.2, 0.25) is 5.91 Å². The zero-order chi connectivity index (χ0) is 26.8. The molecule has 1 aliphatic carbocycles. The van der Waals surface area contributed by atoms with Crippen LogP contribution in [-0.2, 0) is 4.79 Å². The van der Waals surface area contributed by atoms with Crippen molar-refractivity contribution in [3.8, 4) is 11.5 Å². The first-order valence-corrected chi connectivity index (χ1v) is 13.1. The predicted molar refractivity (Wildman–Crippen MR) is 143 cm³/mol. The van der Waals surface area contributed by atoms with Gasteiger partial charge in [-0.15, -0.1) is 0 Å². The molecule has 2 aliphatic rings. The number of nitrogens with one attached hydrogen (secondary N) is 2. The summed E-state index contributed by atoms with van der Waals surface area (Å²) in [4.78, 5) is 23.6. The number of anilines is 2. The smallest absolute Gasteiger partial charge is 0.237 e. The molecule has 9 nitrogen and oxygen atoms in total. The second kappa shape index (κ2) is 11.3. The highest BCUT2D eigenvalue weighted by molar-refractivity contribution is 6.31. The Morgan fingerprint density at radius 3 is 2.74 bits per heavy atom. The number of rotatable bonds is 7. The third-order valence-corrected chi connectivity index (χ3v) is 7.57. The molecule has 0 bridgehead atoms. The number of benzene rings is 2. The molecular weight excluding hydrogens is 513 g/mol. The molecule has 3 aromatic rings. The topological polar surface area (TPSA) is 109 Å². The molecule has 1 amide bonds. The number of ether oxygens (including phenoxy) is 2. The quantitative estimate of drug-likeness (QED) is 0.410. The molecule has 0 radical (unpaired) electrons. The van der Waals surface area contributed by atoms with Crippen molar-refractivity contribution in [2.24, 2.45) is 0 Å². The summed E-state index contributed by atoms with van der Waals surface area (Å²) >= 11 is 5.94. The number of aliphatic hydroxyl groups is 1. The minimum Gasteiger partial charge on any atom is -0.493 e. The minimum atomic E-state index is -0.575. The second-order valence-corrected chi connectivity index (χ2v) is 10.3. The van der Waals surface area contributed by atoms with E-state index in [1.165, 1.54) is 12.4 Å². The third kappa shape index (κ3) is 5.62. The zero-order valence-electron chi connectivity index (χ0n) is 21.3. The van der Waals surface area contributed by atoms with Crippen LogP contribution in [0.25, 0.3) is 10.9 Å². The van der Waals surface area contributed by atoms with Gasteiger partial charge in [-0.3, -0.25) is 9.69 Å². The van der Waals surface area contributed by atoms with E-state index in [4.69, 9.17) is 21.1 Å². The molecule has 1 aliphatic heterocycles. The largest absolute Gasteiger partial charge is 0.493 e. The lowest BCUT2D eigenvalue weighted by molar-refractivity contribution is -0.126. The number of fused-ring (bicyclic) bond motifs is 1. The lowest BCUT2D eigenvalue weighted by atomic mass is 9.93. The van der Waals surface area contributed by atoms with Gasteiger partial charge in [0, 0.05) is 30.5 Å². The number of carbonyl (C=O) groups excluding carboxylic acids is 1. The van der Waals surface area contributed by atoms with E-state index >= 15 is 0 Å². The molecule has 0 spiro atoms. The highest BCUT2D eigenvalue weighted by atomic mass is 35.5. The third-order valence-electron chi connectivity index (χ3n) is 7.27. The Hall–Kier alpha value is -3.21. The molecule has 0 unspecified atom stereocenters. The molecule has 2 atom stereocenters. The predicted octanol–water partition coefficient (Wildman–Crippen LogP) is 4.05. The molecular formula is C27H31ClFN5O4. The standard InChI is InChI=1S/C27H31ClFN5O4/c1-34-13-17(10-22(34)27(36)32-15-6-8-16(35)9-7-15)38-24-11-18-21(12-23(24)37-2)30-14-31-26(18)33-20-5-3-4-19(28)25(20)29/h3-5,11-12,14-17,22,35H,6-10,13H2,1-2H3,(H,32,36)(H,30,31,33)/t15?,16?,17-,22+/m0/s1. The summed E-state index contributed by atoms with van der Waals surface area (Å²) in [5.41, 5.74) is 0.780. The summed E-state index contributed by atoms with van der Waals surface area (Å²) < 4.78 is 26.4. The summed E-state index contributed by atoms with van der Waals surface area (Å²) in [5, 5.41) is 16.5. The maximum absolute atomic E-state index is 14.5. The van der Waals surface area contributed by atoms with Crippen molar-refractivity contribution in [2.45, 2.75) is 56.4 Å². The fraction of sp³-hybridized carbons (Fsp3) is 0.444. The van der Waals surface area contributed by atoms with Crippen molar-refractivity contribution in [1.29, 1.82) is 0 Å². The molecule has 3 N–H and O–H groups in total. The molecule has 1 saturated carbocycles. The molecule has 2 fully saturated rings. The number of aliphatic hydroxyl groups excluding tert-OH is 1. The van der Waals surface area contributed by atoms with Crippen molar-refractivity contribution in [3.05, 3.63) is 47.5 Å². The Morgan fingerprint density at radius 2 is 1.97 bits per heavy atom. The molecule has 2 aromatic carbocycles. The number of hydrogen-bond acceptors (Lipinski definition) is 8. The van der Waals surface area contributed by atoms with Crippen LogP contribution in [0.3, 0.4) is 0 Å². The van der Waals surface area contributed by atoms with Crippen LogP contribution in [0.15, 0.2) is 36.7 Å². The number of hydrogen-bond donors (Lipinski definition) is 3. The van der Waals surface area contributed by atoms with Crippen LogP contribution in [0.1, 0.15) is 32.1 Å². The van der Waals surface area contributed by atoms with Crippen molar-refractivity contribution in [3.63, 3.8) is 0 Å². The molecule has 2 heterocycles. The van der Waals surface area contributed by atoms with Crippen LogP contribution >= 0.6 is 11.6 Å². The summed E-state index contributed by atoms with van der Waals surface area (Å²) in [7, 11) is 3.46. The summed E-state index contributed by atoms with van der Waals surface area (Å²) in [6.45, 7) is 0.562. The first-order chi connectivity index (χ1) is 18.3. The van der Waals surface area contributed by atoms with Gasteiger partial charge >= 0.3 is 0 Å². The highest BCUT2D eigenvalue weighted by Gasteiger charge is 2.37. The number of aromatic nitrogens is 2. The van der Waals surface area contributed by atoms with E-state index < -0.39 is 5.82 Å². The molecule has 38 heavy (non-hydrogen) atoms. The van der Waals surface area contributed by atoms with Gasteiger partial charge in [-0.25, -0.2) is 14.4 Å². The lowest BCUT2D eigenvalue weighted by Crippen LogP contribution is -2.47. The average molecular weight is 544 g/mol. The van der Waals surface area contributed by atoms with Crippen molar-refractivity contribution >= 4 is 39.9 Å². The van der Waals surface area contributed by atoms with Gasteiger partial charge in [0.1, 0.15) is 18.2 Å². The van der Waals surface area contributed by atoms with E-state index in [2.05, 4.69) is 20.6 Å². The van der Waals surface area contributed by atoms with Gasteiger partial charge in [-0.05, 0) is 50.9 Å². The van der Waals surface area contributed by atoms with Crippen LogP contribution in [0, 0.1) is 5.82 Å². The van der Waals surface area contributed by atoms with Crippen LogP contribution in [0.5, 0.6) is 11.5 Å². The highest BCUT2D eigenvalue weighted by Crippen LogP contribution is 2.37. The van der Waals surface area contributed by atoms with Crippen molar-refractivity contribution < 1.29 is 23.8 Å². The van der Waals surface area contributed by atoms with Crippen LogP contribution in [0.4, 0.5) is 15.9 Å². The SMILES string of the molecule is COc1cc2ncnc(Nc3cccc(Cl)c3F)c2cc1O[C@H]1C[C@H](C(=O)NC2CCC(O)CC2)N(C)C1. The Labute approximate surface area is 225 Å². The van der Waals surface area contributed by atoms with E-state index in [0.29, 0.717) is 54.0 Å². The van der Waals surface area contributed by atoms with Crippen molar-refractivity contribution in [2.75, 3.05) is 26.0 Å². The van der Waals surface area contributed by atoms with Crippen LogP contribution in [-0.4, -0.2) is 70.9 Å². The van der Waals surface area contributed by atoms with E-state index in [1.807, 2.05) is 11.9 Å². The average Bonchev–Trinajstić information content (AvgIpc) is 3.28. The first kappa shape index (κ1) is 26.4. The number of halogens is 2. The van der Waals surface area contributed by atoms with Crippen LogP contribution < -0.4 is 20.1 Å². The second-order valence-electron chi connectivity index (χ2n) is 9.91. The Balaban J connectivity index is 1.33. The summed E-state index contributed by atoms with van der Waals surface area (Å²) in [6, 6.07) is 7.98. The van der Waals surface area contributed by atoms with Gasteiger partial charge in [0.05, 0.1) is 35.5 Å². The fourth-order valence-corrected chi connectivity index (χ4v) is 5.36. The number of methoxy groups -OCH3 is 1. The number of likely N-dealkylation sites (tertiary alicyclic amines) is 1. The maximum atomic E-state index is 14.5. The van der Waals surface area contributed by atoms with Crippen molar-refractivity contribution in [1.82, 2.24) is 20.2 Å². The maximum Gasteiger partial charge on any atom is 0.237 e. The Morgan fingerprint density at radius 1 is 1.18 bits per heavy atom. The lowest BCUT2D eigenvalue weighted by Gasteiger charge is -2.28. The normalized spacial score (nSPS) is 23.8. The fourth-order valence-electron chi connectivity index (χ4n) is 5.18. The number of amides is 1. The number of likely N-dealkylation sites (N-methyl/N-ethyl adjacent to an activating group) is 1. The van der Waals surface area contributed by atoms with Crippen LogP contribution in [0.2, 0.25) is 5.02 Å². The van der Waals surface area contributed by atoms with E-state index in [-0.39, 0.29) is 40.9 Å². The molecule has 5 rings (SSSR count). The minimum absolute atomic E-state index is 0.00377.